The molecule has 2 N–H and O–H groups in total. The maximum atomic E-state index is 13.9. The fraction of sp³-hybridized carbons (Fsp3) is 0.343. The van der Waals surface area contributed by atoms with Gasteiger partial charge in [0.05, 0.1) is 30.5 Å². The van der Waals surface area contributed by atoms with Gasteiger partial charge in [0, 0.05) is 57.1 Å². The third kappa shape index (κ3) is 7.11. The van der Waals surface area contributed by atoms with Crippen molar-refractivity contribution in [1.29, 1.82) is 0 Å². The zero-order valence-electron chi connectivity index (χ0n) is 26.5. The Hall–Kier alpha value is -5.01. The molecular formula is C35H36N6O6S. The molecule has 2 aromatic carbocycles. The number of carbonyl (C=O) groups excluding carboxylic acids is 3. The molecule has 0 unspecified atom stereocenters. The van der Waals surface area contributed by atoms with Gasteiger partial charge in [0.2, 0.25) is 0 Å². The van der Waals surface area contributed by atoms with Crippen LogP contribution in [0.1, 0.15) is 37.7 Å². The fourth-order valence-electron chi connectivity index (χ4n) is 6.01. The van der Waals surface area contributed by atoms with E-state index in [1.165, 1.54) is 17.5 Å². The summed E-state index contributed by atoms with van der Waals surface area (Å²) >= 11 is 1.40. The van der Waals surface area contributed by atoms with Crippen molar-refractivity contribution in [2.45, 2.75) is 32.0 Å². The number of hydrogen-bond donors (Lipinski definition) is 2. The first-order valence-corrected chi connectivity index (χ1v) is 16.8. The lowest BCUT2D eigenvalue weighted by Gasteiger charge is -2.38. The number of carbonyl (C=O) groups is 3. The van der Waals surface area contributed by atoms with Gasteiger partial charge >= 0.3 is 0 Å². The van der Waals surface area contributed by atoms with Crippen molar-refractivity contribution in [2.24, 2.45) is 0 Å². The zero-order chi connectivity index (χ0) is 33.0. The molecule has 0 radical (unpaired) electrons. The average molecular weight is 669 g/mol. The molecule has 0 aliphatic carbocycles. The van der Waals surface area contributed by atoms with Crippen LogP contribution in [-0.4, -0.2) is 90.7 Å². The molecule has 248 valence electrons. The van der Waals surface area contributed by atoms with E-state index in [9.17, 15) is 14.4 Å². The predicted molar refractivity (Wildman–Crippen MR) is 180 cm³/mol. The quantitative estimate of drug-likeness (QED) is 0.329. The fourth-order valence-corrected chi connectivity index (χ4v) is 7.10. The largest absolute Gasteiger partial charge is 0.488 e. The smallest absolute Gasteiger partial charge is 0.266 e. The second-order valence-electron chi connectivity index (χ2n) is 12.0. The summed E-state index contributed by atoms with van der Waals surface area (Å²) in [5.41, 5.74) is 3.47. The normalized spacial score (nSPS) is 20.1. The van der Waals surface area contributed by atoms with Crippen LogP contribution in [0.5, 0.6) is 11.5 Å². The van der Waals surface area contributed by atoms with E-state index in [1.54, 1.807) is 23.2 Å². The van der Waals surface area contributed by atoms with Crippen molar-refractivity contribution < 1.29 is 28.6 Å². The van der Waals surface area contributed by atoms with Crippen LogP contribution in [0.3, 0.4) is 0 Å². The van der Waals surface area contributed by atoms with Gasteiger partial charge in [-0.25, -0.2) is 4.98 Å². The number of amides is 3. The molecule has 4 aliphatic rings. The van der Waals surface area contributed by atoms with Crippen molar-refractivity contribution in [1.82, 2.24) is 25.5 Å². The number of thiazole rings is 1. The number of morpholine rings is 1. The van der Waals surface area contributed by atoms with Crippen molar-refractivity contribution in [3.05, 3.63) is 88.7 Å². The number of anilines is 1. The number of nitrogens with zero attached hydrogens (tertiary/aromatic N) is 4. The summed E-state index contributed by atoms with van der Waals surface area (Å²) < 4.78 is 17.7. The molecule has 13 heteroatoms. The van der Waals surface area contributed by atoms with Crippen LogP contribution in [0.2, 0.25) is 0 Å². The molecule has 48 heavy (non-hydrogen) atoms. The van der Waals surface area contributed by atoms with Crippen LogP contribution in [0.25, 0.3) is 11.1 Å². The summed E-state index contributed by atoms with van der Waals surface area (Å²) in [7, 11) is 0. The molecule has 2 aromatic heterocycles. The number of ether oxygens (including phenoxy) is 3. The zero-order valence-corrected chi connectivity index (χ0v) is 27.3. The second-order valence-corrected chi connectivity index (χ2v) is 13.0. The number of fused-ring (bicyclic) bond motifs is 7. The standard InChI is InChI=1S/C35H36N6O6S/c1-22-32(48-35(38-22)40-11-13-45-14-12-40)34(44)41-10-9-30-29(20-41)39-33(43)26-15-25(18-36-19-26)24-3-2-4-28(16-24)46-21-31(42)37-17-23-5-7-27(47-30)8-6-23/h2-8,15-16,18-19,29-30H,9-14,17,20-21H2,1H3,(H,37,42)(H,39,43)/t29-,30+/m1/s1. The van der Waals surface area contributed by atoms with E-state index in [1.807, 2.05) is 49.4 Å². The number of aromatic nitrogens is 2. The molecule has 6 heterocycles. The van der Waals surface area contributed by atoms with Crippen molar-refractivity contribution in [2.75, 3.05) is 50.9 Å². The van der Waals surface area contributed by atoms with E-state index in [2.05, 4.69) is 20.5 Å². The summed E-state index contributed by atoms with van der Waals surface area (Å²) in [6, 6.07) is 16.0. The van der Waals surface area contributed by atoms with Gasteiger partial charge in [-0.3, -0.25) is 19.4 Å². The van der Waals surface area contributed by atoms with Crippen LogP contribution in [0.15, 0.2) is 67.0 Å². The van der Waals surface area contributed by atoms with Crippen molar-refractivity contribution in [3.63, 3.8) is 0 Å². The number of aryl methyl sites for hydroxylation is 1. The molecule has 4 aliphatic heterocycles. The summed E-state index contributed by atoms with van der Waals surface area (Å²) in [5.74, 6) is 0.472. The van der Waals surface area contributed by atoms with E-state index in [0.29, 0.717) is 60.4 Å². The van der Waals surface area contributed by atoms with Gasteiger partial charge < -0.3 is 34.6 Å². The molecule has 4 aromatic rings. The minimum atomic E-state index is -0.507. The van der Waals surface area contributed by atoms with E-state index >= 15 is 0 Å². The lowest BCUT2D eigenvalue weighted by molar-refractivity contribution is -0.123. The SMILES string of the molecule is Cc1nc(N2CCOCC2)sc1C(=O)N1CC[C@@H]2Oc3ccc(cc3)CNC(=O)COc3cccc(c3)-c3cncc(c3)C(=O)N[C@@H]2C1. The number of hydrogen-bond acceptors (Lipinski definition) is 10. The third-order valence-corrected chi connectivity index (χ3v) is 9.86. The number of piperidine rings is 1. The van der Waals surface area contributed by atoms with E-state index in [-0.39, 0.29) is 30.9 Å². The highest BCUT2D eigenvalue weighted by Gasteiger charge is 2.36. The first kappa shape index (κ1) is 31.6. The maximum absolute atomic E-state index is 13.9. The number of pyridine rings is 1. The minimum absolute atomic E-state index is 0.110. The molecule has 0 spiro atoms. The summed E-state index contributed by atoms with van der Waals surface area (Å²) in [6.45, 7) is 5.53. The highest BCUT2D eigenvalue weighted by Crippen LogP contribution is 2.30. The predicted octanol–water partition coefficient (Wildman–Crippen LogP) is 3.45. The Balaban J connectivity index is 1.16. The lowest BCUT2D eigenvalue weighted by Crippen LogP contribution is -2.58. The number of likely N-dealkylation sites (tertiary alicyclic amines) is 1. The van der Waals surface area contributed by atoms with Crippen LogP contribution in [0, 0.1) is 6.92 Å². The summed E-state index contributed by atoms with van der Waals surface area (Å²) in [6.07, 6.45) is 3.30. The second kappa shape index (κ2) is 14.0. The Morgan fingerprint density at radius 3 is 2.60 bits per heavy atom. The van der Waals surface area contributed by atoms with E-state index in [0.717, 1.165) is 34.9 Å². The van der Waals surface area contributed by atoms with Crippen LogP contribution in [-0.2, 0) is 16.1 Å². The first-order valence-electron chi connectivity index (χ1n) is 16.0. The molecule has 6 bridgehead atoms. The average Bonchev–Trinajstić information content (AvgIpc) is 3.52. The molecule has 8 rings (SSSR count). The van der Waals surface area contributed by atoms with Crippen molar-refractivity contribution >= 4 is 34.2 Å². The van der Waals surface area contributed by atoms with E-state index < -0.39 is 12.1 Å². The Morgan fingerprint density at radius 2 is 1.77 bits per heavy atom. The number of benzene rings is 2. The lowest BCUT2D eigenvalue weighted by atomic mass is 10.00. The number of nitrogens with one attached hydrogen (secondary N) is 2. The van der Waals surface area contributed by atoms with Gasteiger partial charge in [0.1, 0.15) is 22.5 Å². The molecule has 2 fully saturated rings. The highest BCUT2D eigenvalue weighted by molar-refractivity contribution is 7.17. The molecule has 3 amide bonds. The minimum Gasteiger partial charge on any atom is -0.488 e. The van der Waals surface area contributed by atoms with Crippen LogP contribution in [0.4, 0.5) is 5.13 Å². The van der Waals surface area contributed by atoms with E-state index in [4.69, 9.17) is 19.2 Å². The molecule has 2 atom stereocenters. The first-order chi connectivity index (χ1) is 23.4. The van der Waals surface area contributed by atoms with Gasteiger partial charge in [-0.15, -0.1) is 0 Å². The summed E-state index contributed by atoms with van der Waals surface area (Å²) in [5, 5.41) is 6.86. The summed E-state index contributed by atoms with van der Waals surface area (Å²) in [4.78, 5) is 53.8. The molecular weight excluding hydrogens is 632 g/mol. The topological polar surface area (TPSA) is 135 Å². The molecule has 2 saturated heterocycles. The van der Waals surface area contributed by atoms with Gasteiger partial charge in [-0.05, 0) is 48.4 Å². The Kier molecular flexibility index (Phi) is 9.21. The Morgan fingerprint density at radius 1 is 0.958 bits per heavy atom. The molecule has 12 nitrogen and oxygen atoms in total. The Bertz CT molecular complexity index is 1810. The van der Waals surface area contributed by atoms with Crippen molar-refractivity contribution in [3.8, 4) is 22.6 Å². The van der Waals surface area contributed by atoms with Crippen LogP contribution < -0.4 is 25.0 Å². The highest BCUT2D eigenvalue weighted by atomic mass is 32.1. The third-order valence-electron chi connectivity index (χ3n) is 8.65. The molecule has 0 saturated carbocycles. The van der Waals surface area contributed by atoms with Crippen LogP contribution >= 0.6 is 11.3 Å². The van der Waals surface area contributed by atoms with Gasteiger partial charge in [0.25, 0.3) is 17.7 Å². The van der Waals surface area contributed by atoms with Gasteiger partial charge in [-0.1, -0.05) is 35.6 Å². The van der Waals surface area contributed by atoms with Gasteiger partial charge in [0.15, 0.2) is 11.7 Å². The monoisotopic (exact) mass is 668 g/mol. The van der Waals surface area contributed by atoms with Gasteiger partial charge in [-0.2, -0.15) is 0 Å². The Labute approximate surface area is 282 Å². The number of rotatable bonds is 2. The maximum Gasteiger partial charge on any atom is 0.266 e.